The van der Waals surface area contributed by atoms with Crippen LogP contribution < -0.4 is 0 Å². The minimum atomic E-state index is -1.77. The van der Waals surface area contributed by atoms with Crippen molar-refractivity contribution in [3.05, 3.63) is 33.4 Å². The van der Waals surface area contributed by atoms with Crippen LogP contribution in [0, 0.1) is 27.2 Å². The Labute approximate surface area is 347 Å². The van der Waals surface area contributed by atoms with Gasteiger partial charge in [-0.3, -0.25) is 9.69 Å². The summed E-state index contributed by atoms with van der Waals surface area (Å²) in [4.78, 5) is 29.3. The number of aliphatic hydroxyl groups excluding tert-OH is 2. The van der Waals surface area contributed by atoms with E-state index in [9.17, 15) is 20.1 Å². The Bertz CT molecular complexity index is 1450. The first-order valence-electron chi connectivity index (χ1n) is 20.4. The van der Waals surface area contributed by atoms with E-state index in [1.165, 1.54) is 6.92 Å². The van der Waals surface area contributed by atoms with Crippen LogP contribution in [0.25, 0.3) is 0 Å². The van der Waals surface area contributed by atoms with Gasteiger partial charge in [0.2, 0.25) is 5.79 Å². The van der Waals surface area contributed by atoms with E-state index in [0.29, 0.717) is 25.8 Å². The molecule has 4 saturated heterocycles. The maximum Gasteiger partial charge on any atom is 0.311 e. The highest BCUT2D eigenvalue weighted by atomic mass is 127. The highest BCUT2D eigenvalue weighted by Gasteiger charge is 2.66. The second kappa shape index (κ2) is 18.3. The first-order valence-corrected chi connectivity index (χ1v) is 21.5. The molecule has 13 nitrogen and oxygen atoms in total. The van der Waals surface area contributed by atoms with Gasteiger partial charge in [0, 0.05) is 35.1 Å². The fourth-order valence-electron chi connectivity index (χ4n) is 9.72. The molecule has 14 heteroatoms. The van der Waals surface area contributed by atoms with Crippen molar-refractivity contribution in [2.24, 2.45) is 23.7 Å². The predicted molar refractivity (Wildman–Crippen MR) is 216 cm³/mol. The standard InChI is InChI=1S/C42H68INO12/c1-13-32(46)41(10,48)37-24(4)34-22(2)19-40(9,53-34)36(56-55-23(3)18-31(27(7)45)44(11)21-29-14-16-30(43)17-15-29)25(5)35(26(6)39(47)52-37)51-33-20-42(49-12)38(54-42)28(8)50-33/h14-17,22-28,31-38,45-46,48H,13,18-21H2,1-12H3/t22?,23?,24-,25-,26+,27?,28?,31?,32+,33-,34?,35-,36+,37+,38-,40+,41+,42?/m0/s1. The first-order chi connectivity index (χ1) is 26.2. The Hall–Kier alpha value is -1.02. The zero-order chi connectivity index (χ0) is 41.5. The molecule has 1 aromatic carbocycles. The molecule has 4 aliphatic rings. The van der Waals surface area contributed by atoms with Gasteiger partial charge in [0.15, 0.2) is 6.29 Å². The number of rotatable bonds is 15. The summed E-state index contributed by atoms with van der Waals surface area (Å²) >= 11 is 2.29. The Morgan fingerprint density at radius 2 is 1.71 bits per heavy atom. The van der Waals surface area contributed by atoms with Gasteiger partial charge >= 0.3 is 5.97 Å². The minimum absolute atomic E-state index is 0.0414. The molecular weight excluding hydrogens is 837 g/mol. The molecule has 320 valence electrons. The summed E-state index contributed by atoms with van der Waals surface area (Å²) in [7, 11) is 3.59. The van der Waals surface area contributed by atoms with E-state index in [0.717, 1.165) is 9.13 Å². The number of fused-ring (bicyclic) bond motifs is 3. The van der Waals surface area contributed by atoms with E-state index in [2.05, 4.69) is 58.7 Å². The number of aliphatic hydroxyl groups is 3. The zero-order valence-electron chi connectivity index (χ0n) is 35.3. The van der Waals surface area contributed by atoms with Crippen LogP contribution in [0.3, 0.4) is 0 Å². The van der Waals surface area contributed by atoms with Crippen molar-refractivity contribution in [1.82, 2.24) is 4.90 Å². The largest absolute Gasteiger partial charge is 0.459 e. The van der Waals surface area contributed by atoms with E-state index in [1.54, 1.807) is 27.9 Å². The van der Waals surface area contributed by atoms with Crippen molar-refractivity contribution in [2.75, 3.05) is 14.2 Å². The molecule has 3 N–H and O–H groups in total. The van der Waals surface area contributed by atoms with Crippen LogP contribution in [0.2, 0.25) is 0 Å². The molecule has 0 saturated carbocycles. The van der Waals surface area contributed by atoms with Gasteiger partial charge in [-0.2, -0.15) is 0 Å². The molecule has 2 bridgehead atoms. The molecule has 0 aromatic heterocycles. The average molecular weight is 906 g/mol. The average Bonchev–Trinajstić information content (AvgIpc) is 3.80. The van der Waals surface area contributed by atoms with E-state index >= 15 is 0 Å². The van der Waals surface area contributed by atoms with Gasteiger partial charge in [0.25, 0.3) is 0 Å². The van der Waals surface area contributed by atoms with Gasteiger partial charge in [0.05, 0.1) is 54.6 Å². The lowest BCUT2D eigenvalue weighted by molar-refractivity contribution is -0.389. The summed E-state index contributed by atoms with van der Waals surface area (Å²) in [5.41, 5.74) is -1.56. The minimum Gasteiger partial charge on any atom is -0.459 e. The second-order valence-corrected chi connectivity index (χ2v) is 19.0. The van der Waals surface area contributed by atoms with E-state index < -0.39 is 89.7 Å². The summed E-state index contributed by atoms with van der Waals surface area (Å²) in [6.07, 6.45) is -5.10. The molecule has 7 unspecified atom stereocenters. The summed E-state index contributed by atoms with van der Waals surface area (Å²) in [6, 6.07) is 8.10. The number of methoxy groups -OCH3 is 1. The highest BCUT2D eigenvalue weighted by Crippen LogP contribution is 2.51. The van der Waals surface area contributed by atoms with Gasteiger partial charge in [0.1, 0.15) is 23.9 Å². The summed E-state index contributed by atoms with van der Waals surface area (Å²) < 4.78 is 39.2. The molecule has 4 aliphatic heterocycles. The Morgan fingerprint density at radius 3 is 2.32 bits per heavy atom. The van der Waals surface area contributed by atoms with Crippen LogP contribution in [0.15, 0.2) is 24.3 Å². The molecule has 4 heterocycles. The maximum absolute atomic E-state index is 14.3. The number of esters is 1. The van der Waals surface area contributed by atoms with Crippen LogP contribution in [-0.4, -0.2) is 125 Å². The van der Waals surface area contributed by atoms with Gasteiger partial charge in [-0.05, 0) is 114 Å². The smallest absolute Gasteiger partial charge is 0.311 e. The Balaban J connectivity index is 1.45. The lowest BCUT2D eigenvalue weighted by Gasteiger charge is -2.42. The number of likely N-dealkylation sites (N-methyl/N-ethyl adjacent to an activating group) is 1. The van der Waals surface area contributed by atoms with Gasteiger partial charge < -0.3 is 43.7 Å². The monoisotopic (exact) mass is 905 g/mol. The molecule has 0 spiro atoms. The highest BCUT2D eigenvalue weighted by molar-refractivity contribution is 14.1. The molecule has 0 amide bonds. The van der Waals surface area contributed by atoms with Crippen LogP contribution in [0.5, 0.6) is 0 Å². The van der Waals surface area contributed by atoms with Crippen LogP contribution in [-0.2, 0) is 49.5 Å². The molecule has 18 atom stereocenters. The van der Waals surface area contributed by atoms with E-state index in [-0.39, 0.29) is 30.6 Å². The zero-order valence-corrected chi connectivity index (χ0v) is 37.5. The topological polar surface area (TPSA) is 158 Å². The van der Waals surface area contributed by atoms with Crippen molar-refractivity contribution >= 4 is 28.6 Å². The van der Waals surface area contributed by atoms with Crippen molar-refractivity contribution in [2.45, 2.75) is 186 Å². The lowest BCUT2D eigenvalue weighted by Crippen LogP contribution is -2.57. The van der Waals surface area contributed by atoms with Crippen molar-refractivity contribution in [3.8, 4) is 0 Å². The fraction of sp³-hybridized carbons (Fsp3) is 0.833. The predicted octanol–water partition coefficient (Wildman–Crippen LogP) is 5.37. The summed E-state index contributed by atoms with van der Waals surface area (Å²) in [6.45, 7) is 19.2. The number of benzene rings is 1. The number of halogens is 1. The van der Waals surface area contributed by atoms with Crippen LogP contribution in [0.4, 0.5) is 0 Å². The van der Waals surface area contributed by atoms with E-state index in [1.807, 2.05) is 41.7 Å². The normalized spacial score (nSPS) is 40.8. The Kier molecular flexibility index (Phi) is 15.1. The third-order valence-electron chi connectivity index (χ3n) is 13.0. The van der Waals surface area contributed by atoms with Crippen molar-refractivity contribution < 1.29 is 58.3 Å². The molecule has 1 aromatic rings. The fourth-order valence-corrected chi connectivity index (χ4v) is 10.1. The van der Waals surface area contributed by atoms with Gasteiger partial charge in [-0.25, -0.2) is 9.78 Å². The number of nitrogens with zero attached hydrogens (tertiary/aromatic N) is 1. The molecule has 5 rings (SSSR count). The summed E-state index contributed by atoms with van der Waals surface area (Å²) in [5, 5.41) is 33.8. The molecule has 56 heavy (non-hydrogen) atoms. The Morgan fingerprint density at radius 1 is 1.05 bits per heavy atom. The van der Waals surface area contributed by atoms with Gasteiger partial charge in [-0.15, -0.1) is 0 Å². The molecule has 4 fully saturated rings. The number of hydrogen-bond donors (Lipinski definition) is 3. The lowest BCUT2D eigenvalue weighted by atomic mass is 9.76. The summed E-state index contributed by atoms with van der Waals surface area (Å²) in [5.74, 6) is -3.37. The quantitative estimate of drug-likeness (QED) is 0.0680. The third-order valence-corrected chi connectivity index (χ3v) is 13.7. The van der Waals surface area contributed by atoms with Crippen molar-refractivity contribution in [3.63, 3.8) is 0 Å². The number of epoxide rings is 1. The van der Waals surface area contributed by atoms with Crippen LogP contribution >= 0.6 is 22.6 Å². The number of carbonyl (C=O) groups is 1. The second-order valence-electron chi connectivity index (χ2n) is 17.7. The third kappa shape index (κ3) is 9.78. The number of ether oxygens (including phenoxy) is 6. The molecular formula is C42H68INO12. The number of hydrogen-bond acceptors (Lipinski definition) is 13. The van der Waals surface area contributed by atoms with Gasteiger partial charge in [-0.1, -0.05) is 39.8 Å². The van der Waals surface area contributed by atoms with Crippen LogP contribution in [0.1, 0.15) is 100 Å². The number of carbonyl (C=O) groups excluding carboxylic acids is 1. The van der Waals surface area contributed by atoms with Crippen molar-refractivity contribution in [1.29, 1.82) is 0 Å². The SMILES string of the molecule is CC[C@@H](O)[C@@](C)(O)[C@@H]1OC(=O)[C@H](C)[C@@H](O[C@H]2CC3(OC)O[C@H]3C(C)O2)[C@H](C)[C@@H](OOC(C)CC(C(C)O)N(C)Cc2ccc(I)cc2)[C@@]2(C)CC(C)C(O2)[C@@H]1C. The first kappa shape index (κ1) is 46.1. The maximum atomic E-state index is 14.3. The molecule has 0 radical (unpaired) electrons. The molecule has 0 aliphatic carbocycles. The van der Waals surface area contributed by atoms with E-state index in [4.69, 9.17) is 38.2 Å². The number of cyclic esters (lactones) is 1.